The highest BCUT2D eigenvalue weighted by Crippen LogP contribution is 2.23. The molecular formula is C10H11ClFN. The van der Waals surface area contributed by atoms with Crippen molar-refractivity contribution >= 4 is 11.6 Å². The Labute approximate surface area is 82.0 Å². The number of hydrogen-bond donors (Lipinski definition) is 1. The van der Waals surface area contributed by atoms with Gasteiger partial charge in [0.15, 0.2) is 0 Å². The molecule has 0 saturated heterocycles. The summed E-state index contributed by atoms with van der Waals surface area (Å²) in [5, 5.41) is 0.108. The van der Waals surface area contributed by atoms with Crippen LogP contribution in [0.25, 0.3) is 0 Å². The maximum atomic E-state index is 13.3. The van der Waals surface area contributed by atoms with E-state index in [9.17, 15) is 4.39 Å². The van der Waals surface area contributed by atoms with Crippen LogP contribution in [-0.4, -0.2) is 0 Å². The van der Waals surface area contributed by atoms with E-state index in [1.807, 2.05) is 0 Å². The van der Waals surface area contributed by atoms with Crippen molar-refractivity contribution in [2.75, 3.05) is 0 Å². The zero-order chi connectivity index (χ0) is 9.84. The fourth-order valence-corrected chi connectivity index (χ4v) is 1.30. The van der Waals surface area contributed by atoms with Gasteiger partial charge in [0.25, 0.3) is 0 Å². The molecule has 1 atom stereocenters. The van der Waals surface area contributed by atoms with Crippen molar-refractivity contribution in [2.45, 2.75) is 12.5 Å². The summed E-state index contributed by atoms with van der Waals surface area (Å²) in [4.78, 5) is 0. The number of rotatable bonds is 3. The van der Waals surface area contributed by atoms with E-state index in [0.717, 1.165) is 0 Å². The van der Waals surface area contributed by atoms with Crippen LogP contribution >= 0.6 is 11.6 Å². The van der Waals surface area contributed by atoms with E-state index in [1.165, 1.54) is 6.07 Å². The van der Waals surface area contributed by atoms with Crippen LogP contribution in [0.3, 0.4) is 0 Å². The van der Waals surface area contributed by atoms with Crippen molar-refractivity contribution in [3.8, 4) is 0 Å². The molecule has 0 bridgehead atoms. The first-order valence-electron chi connectivity index (χ1n) is 3.97. The predicted molar refractivity (Wildman–Crippen MR) is 53.2 cm³/mol. The van der Waals surface area contributed by atoms with Crippen LogP contribution in [0, 0.1) is 5.82 Å². The molecule has 0 fully saturated rings. The molecule has 3 heteroatoms. The third-order valence-electron chi connectivity index (χ3n) is 1.80. The Morgan fingerprint density at radius 1 is 1.62 bits per heavy atom. The second kappa shape index (κ2) is 4.40. The van der Waals surface area contributed by atoms with Gasteiger partial charge in [0.05, 0.1) is 5.02 Å². The summed E-state index contributed by atoms with van der Waals surface area (Å²) in [6.07, 6.45) is 2.20. The standard InChI is InChI=1S/C10H11ClFN/c1-2-4-9(13)7-5-3-6-8(11)10(7)12/h2-3,5-6,9H,1,4,13H2/t9-/m1/s1. The first kappa shape index (κ1) is 10.2. The van der Waals surface area contributed by atoms with Crippen molar-refractivity contribution in [3.63, 3.8) is 0 Å². The van der Waals surface area contributed by atoms with Crippen LogP contribution in [0.1, 0.15) is 18.0 Å². The second-order valence-corrected chi connectivity index (χ2v) is 3.18. The van der Waals surface area contributed by atoms with Gasteiger partial charge in [-0.25, -0.2) is 4.39 Å². The average Bonchev–Trinajstić information content (AvgIpc) is 2.10. The van der Waals surface area contributed by atoms with Crippen molar-refractivity contribution < 1.29 is 4.39 Å². The van der Waals surface area contributed by atoms with E-state index in [4.69, 9.17) is 17.3 Å². The predicted octanol–water partition coefficient (Wildman–Crippen LogP) is 3.06. The molecule has 1 nitrogen and oxygen atoms in total. The van der Waals surface area contributed by atoms with Crippen LogP contribution in [0.2, 0.25) is 5.02 Å². The molecule has 2 N–H and O–H groups in total. The molecule has 0 spiro atoms. The lowest BCUT2D eigenvalue weighted by Crippen LogP contribution is -2.11. The van der Waals surface area contributed by atoms with Gasteiger partial charge in [0, 0.05) is 11.6 Å². The van der Waals surface area contributed by atoms with Gasteiger partial charge in [0.1, 0.15) is 5.82 Å². The molecule has 0 aliphatic heterocycles. The van der Waals surface area contributed by atoms with Gasteiger partial charge in [-0.05, 0) is 12.5 Å². The number of nitrogens with two attached hydrogens (primary N) is 1. The largest absolute Gasteiger partial charge is 0.324 e. The molecule has 0 heterocycles. The summed E-state index contributed by atoms with van der Waals surface area (Å²) in [6.45, 7) is 3.54. The summed E-state index contributed by atoms with van der Waals surface area (Å²) in [6, 6.07) is 4.45. The van der Waals surface area contributed by atoms with E-state index >= 15 is 0 Å². The van der Waals surface area contributed by atoms with Crippen LogP contribution in [0.5, 0.6) is 0 Å². The minimum Gasteiger partial charge on any atom is -0.324 e. The van der Waals surface area contributed by atoms with Crippen LogP contribution < -0.4 is 5.73 Å². The Balaban J connectivity index is 3.00. The minimum absolute atomic E-state index is 0.108. The Morgan fingerprint density at radius 2 is 2.31 bits per heavy atom. The van der Waals surface area contributed by atoms with Gasteiger partial charge >= 0.3 is 0 Å². The lowest BCUT2D eigenvalue weighted by molar-refractivity contribution is 0.584. The molecule has 13 heavy (non-hydrogen) atoms. The van der Waals surface area contributed by atoms with Gasteiger partial charge in [-0.3, -0.25) is 0 Å². The maximum absolute atomic E-state index is 13.3. The summed E-state index contributed by atoms with van der Waals surface area (Å²) >= 11 is 5.60. The number of benzene rings is 1. The van der Waals surface area contributed by atoms with Crippen LogP contribution in [-0.2, 0) is 0 Å². The molecule has 0 aromatic heterocycles. The summed E-state index contributed by atoms with van der Waals surface area (Å²) in [7, 11) is 0. The van der Waals surface area contributed by atoms with E-state index in [0.29, 0.717) is 12.0 Å². The van der Waals surface area contributed by atoms with Crippen molar-refractivity contribution in [2.24, 2.45) is 5.73 Å². The molecule has 0 aliphatic carbocycles. The third-order valence-corrected chi connectivity index (χ3v) is 2.09. The highest BCUT2D eigenvalue weighted by Gasteiger charge is 2.11. The van der Waals surface area contributed by atoms with Gasteiger partial charge in [-0.15, -0.1) is 6.58 Å². The number of halogens is 2. The summed E-state index contributed by atoms with van der Waals surface area (Å²) < 4.78 is 13.3. The molecular weight excluding hydrogens is 189 g/mol. The molecule has 1 aromatic rings. The van der Waals surface area contributed by atoms with E-state index in [1.54, 1.807) is 18.2 Å². The molecule has 0 saturated carbocycles. The quantitative estimate of drug-likeness (QED) is 0.744. The first-order chi connectivity index (χ1) is 6.16. The van der Waals surface area contributed by atoms with E-state index in [2.05, 4.69) is 6.58 Å². The molecule has 0 unspecified atom stereocenters. The third kappa shape index (κ3) is 2.29. The normalized spacial score (nSPS) is 12.5. The molecule has 1 rings (SSSR count). The van der Waals surface area contributed by atoms with Crippen molar-refractivity contribution in [1.82, 2.24) is 0 Å². The molecule has 0 aliphatic rings. The summed E-state index contributed by atoms with van der Waals surface area (Å²) in [5.41, 5.74) is 6.14. The summed E-state index contributed by atoms with van der Waals surface area (Å²) in [5.74, 6) is -0.432. The average molecular weight is 200 g/mol. The zero-order valence-electron chi connectivity index (χ0n) is 7.13. The van der Waals surface area contributed by atoms with Gasteiger partial charge < -0.3 is 5.73 Å². The number of hydrogen-bond acceptors (Lipinski definition) is 1. The van der Waals surface area contributed by atoms with E-state index in [-0.39, 0.29) is 11.1 Å². The van der Waals surface area contributed by atoms with Gasteiger partial charge in [0.2, 0.25) is 0 Å². The topological polar surface area (TPSA) is 26.0 Å². The highest BCUT2D eigenvalue weighted by atomic mass is 35.5. The second-order valence-electron chi connectivity index (χ2n) is 2.77. The zero-order valence-corrected chi connectivity index (χ0v) is 7.89. The van der Waals surface area contributed by atoms with Gasteiger partial charge in [-0.1, -0.05) is 29.8 Å². The first-order valence-corrected chi connectivity index (χ1v) is 4.35. The Kier molecular flexibility index (Phi) is 3.46. The van der Waals surface area contributed by atoms with Crippen LogP contribution in [0.4, 0.5) is 4.39 Å². The lowest BCUT2D eigenvalue weighted by atomic mass is 10.0. The lowest BCUT2D eigenvalue weighted by Gasteiger charge is -2.10. The Bertz CT molecular complexity index is 312. The molecule has 1 aromatic carbocycles. The molecule has 70 valence electrons. The fraction of sp³-hybridized carbons (Fsp3) is 0.200. The maximum Gasteiger partial charge on any atom is 0.146 e. The molecule has 0 radical (unpaired) electrons. The Morgan fingerprint density at radius 3 is 2.92 bits per heavy atom. The smallest absolute Gasteiger partial charge is 0.146 e. The van der Waals surface area contributed by atoms with Gasteiger partial charge in [-0.2, -0.15) is 0 Å². The fourth-order valence-electron chi connectivity index (χ4n) is 1.11. The van der Waals surface area contributed by atoms with E-state index < -0.39 is 5.82 Å². The Hall–Kier alpha value is -0.860. The monoisotopic (exact) mass is 199 g/mol. The minimum atomic E-state index is -0.432. The van der Waals surface area contributed by atoms with Crippen molar-refractivity contribution in [1.29, 1.82) is 0 Å². The molecule has 0 amide bonds. The SMILES string of the molecule is C=CC[C@@H](N)c1cccc(Cl)c1F. The highest BCUT2D eigenvalue weighted by molar-refractivity contribution is 6.30. The van der Waals surface area contributed by atoms with Crippen LogP contribution in [0.15, 0.2) is 30.9 Å². The van der Waals surface area contributed by atoms with Crippen molar-refractivity contribution in [3.05, 3.63) is 47.3 Å².